The molecular weight excluding hydrogens is 424 g/mol. The molecule has 6 heteroatoms. The van der Waals surface area contributed by atoms with E-state index >= 15 is 0 Å². The highest BCUT2D eigenvalue weighted by Crippen LogP contribution is 2.18. The van der Waals surface area contributed by atoms with Gasteiger partial charge in [0.2, 0.25) is 0 Å². The van der Waals surface area contributed by atoms with Gasteiger partial charge in [0.15, 0.2) is 0 Å². The highest BCUT2D eigenvalue weighted by atomic mass is 16.5. The topological polar surface area (TPSA) is 63.1 Å². The predicted octanol–water partition coefficient (Wildman–Crippen LogP) is 3.71. The van der Waals surface area contributed by atoms with E-state index in [0.717, 1.165) is 52.4 Å². The molecule has 0 spiro atoms. The number of H-pyrrole nitrogens is 1. The highest BCUT2D eigenvalue weighted by molar-refractivity contribution is 5.59. The van der Waals surface area contributed by atoms with Gasteiger partial charge in [-0.05, 0) is 47.5 Å². The normalized spacial score (nSPS) is 13.1. The summed E-state index contributed by atoms with van der Waals surface area (Å²) in [5.74, 6) is 7.24. The Labute approximate surface area is 198 Å². The Bertz CT molecular complexity index is 1380. The first-order valence-electron chi connectivity index (χ1n) is 11.3. The van der Waals surface area contributed by atoms with Crippen LogP contribution in [-0.4, -0.2) is 39.6 Å². The van der Waals surface area contributed by atoms with Crippen molar-refractivity contribution in [1.29, 1.82) is 0 Å². The smallest absolute Gasteiger partial charge is 0.258 e. The van der Waals surface area contributed by atoms with Crippen LogP contribution >= 0.6 is 0 Å². The van der Waals surface area contributed by atoms with E-state index in [-0.39, 0.29) is 5.56 Å². The van der Waals surface area contributed by atoms with Gasteiger partial charge in [0.25, 0.3) is 5.56 Å². The van der Waals surface area contributed by atoms with Crippen LogP contribution in [0.1, 0.15) is 22.4 Å². The molecule has 170 valence electrons. The largest absolute Gasteiger partial charge is 0.497 e. The molecule has 6 nitrogen and oxygen atoms in total. The van der Waals surface area contributed by atoms with Crippen LogP contribution in [0.4, 0.5) is 0 Å². The minimum Gasteiger partial charge on any atom is -0.497 e. The number of nitrogens with zero attached hydrogens (tertiary/aromatic N) is 3. The Balaban J connectivity index is 1.27. The summed E-state index contributed by atoms with van der Waals surface area (Å²) in [6, 6.07) is 20.0. The first kappa shape index (κ1) is 21.7. The second kappa shape index (κ2) is 9.82. The Morgan fingerprint density at radius 1 is 1.09 bits per heavy atom. The molecule has 0 unspecified atom stereocenters. The van der Waals surface area contributed by atoms with Crippen molar-refractivity contribution in [3.63, 3.8) is 0 Å². The zero-order chi connectivity index (χ0) is 23.3. The van der Waals surface area contributed by atoms with Crippen molar-refractivity contribution in [1.82, 2.24) is 19.4 Å². The van der Waals surface area contributed by atoms with Crippen molar-refractivity contribution in [3.05, 3.63) is 106 Å². The summed E-state index contributed by atoms with van der Waals surface area (Å²) in [6.45, 7) is 2.54. The van der Waals surface area contributed by atoms with Crippen LogP contribution in [0.25, 0.3) is 11.3 Å². The lowest BCUT2D eigenvalue weighted by molar-refractivity contribution is 0.280. The molecule has 0 fully saturated rings. The standard InChI is InChI=1S/C28H26N4O2/c1-34-24-12-8-21(9-13-24)4-3-16-31-17-14-27-25(19-31)28(33)32(20-30-27)18-22-6-10-23(11-7-22)26-5-2-15-29-26/h2,5-13,15,20,29H,14,16-19H2,1H3. The van der Waals surface area contributed by atoms with E-state index in [0.29, 0.717) is 19.6 Å². The molecule has 0 atom stereocenters. The van der Waals surface area contributed by atoms with Crippen molar-refractivity contribution in [2.24, 2.45) is 0 Å². The molecule has 0 saturated heterocycles. The maximum absolute atomic E-state index is 13.2. The van der Waals surface area contributed by atoms with Gasteiger partial charge in [-0.2, -0.15) is 0 Å². The van der Waals surface area contributed by atoms with Crippen molar-refractivity contribution in [3.8, 4) is 28.8 Å². The zero-order valence-corrected chi connectivity index (χ0v) is 19.1. The monoisotopic (exact) mass is 450 g/mol. The van der Waals surface area contributed by atoms with E-state index in [2.05, 4.69) is 51.0 Å². The summed E-state index contributed by atoms with van der Waals surface area (Å²) in [5, 5.41) is 0. The molecule has 4 aromatic rings. The van der Waals surface area contributed by atoms with Crippen LogP contribution in [0.2, 0.25) is 0 Å². The summed E-state index contributed by atoms with van der Waals surface area (Å²) < 4.78 is 6.89. The maximum Gasteiger partial charge on any atom is 0.258 e. The van der Waals surface area contributed by atoms with Gasteiger partial charge in [-0.1, -0.05) is 36.1 Å². The third-order valence-corrected chi connectivity index (χ3v) is 6.11. The molecular formula is C28H26N4O2. The Hall–Kier alpha value is -4.08. The summed E-state index contributed by atoms with van der Waals surface area (Å²) in [7, 11) is 1.65. The molecule has 2 aromatic heterocycles. The molecule has 1 aliphatic rings. The molecule has 3 heterocycles. The fourth-order valence-electron chi connectivity index (χ4n) is 4.18. The first-order chi connectivity index (χ1) is 16.7. The number of methoxy groups -OCH3 is 1. The van der Waals surface area contributed by atoms with Gasteiger partial charge in [-0.15, -0.1) is 0 Å². The molecule has 5 rings (SSSR count). The Kier molecular flexibility index (Phi) is 6.28. The second-order valence-corrected chi connectivity index (χ2v) is 8.37. The summed E-state index contributed by atoms with van der Waals surface area (Å²) in [5.41, 5.74) is 5.93. The van der Waals surface area contributed by atoms with Crippen LogP contribution < -0.4 is 10.3 Å². The second-order valence-electron chi connectivity index (χ2n) is 8.37. The van der Waals surface area contributed by atoms with Gasteiger partial charge in [-0.3, -0.25) is 14.3 Å². The fraction of sp³-hybridized carbons (Fsp3) is 0.214. The van der Waals surface area contributed by atoms with Crippen molar-refractivity contribution < 1.29 is 4.74 Å². The maximum atomic E-state index is 13.2. The molecule has 0 bridgehead atoms. The number of aromatic nitrogens is 3. The van der Waals surface area contributed by atoms with E-state index in [1.54, 1.807) is 18.0 Å². The Morgan fingerprint density at radius 3 is 2.65 bits per heavy atom. The molecule has 0 saturated carbocycles. The lowest BCUT2D eigenvalue weighted by Gasteiger charge is -2.26. The van der Waals surface area contributed by atoms with E-state index in [4.69, 9.17) is 4.74 Å². The van der Waals surface area contributed by atoms with Gasteiger partial charge in [0.05, 0.1) is 37.8 Å². The highest BCUT2D eigenvalue weighted by Gasteiger charge is 2.20. The van der Waals surface area contributed by atoms with Gasteiger partial charge >= 0.3 is 0 Å². The molecule has 0 aliphatic carbocycles. The van der Waals surface area contributed by atoms with Crippen LogP contribution in [0.15, 0.2) is 78.0 Å². The van der Waals surface area contributed by atoms with Crippen LogP contribution in [-0.2, 0) is 19.5 Å². The minimum atomic E-state index is 0.0336. The van der Waals surface area contributed by atoms with Crippen molar-refractivity contribution in [2.45, 2.75) is 19.5 Å². The van der Waals surface area contributed by atoms with E-state index in [9.17, 15) is 4.79 Å². The number of fused-ring (bicyclic) bond motifs is 1. The summed E-state index contributed by atoms with van der Waals surface area (Å²) in [6.07, 6.45) is 4.36. The first-order valence-corrected chi connectivity index (χ1v) is 11.3. The van der Waals surface area contributed by atoms with E-state index in [1.165, 1.54) is 0 Å². The molecule has 2 aromatic carbocycles. The Morgan fingerprint density at radius 2 is 1.91 bits per heavy atom. The molecule has 1 N–H and O–H groups in total. The molecule has 34 heavy (non-hydrogen) atoms. The average molecular weight is 451 g/mol. The van der Waals surface area contributed by atoms with E-state index in [1.807, 2.05) is 42.6 Å². The summed E-state index contributed by atoms with van der Waals surface area (Å²) in [4.78, 5) is 23.2. The molecule has 1 aliphatic heterocycles. The summed E-state index contributed by atoms with van der Waals surface area (Å²) >= 11 is 0. The van der Waals surface area contributed by atoms with Crippen molar-refractivity contribution in [2.75, 3.05) is 20.2 Å². The minimum absolute atomic E-state index is 0.0336. The average Bonchev–Trinajstić information content (AvgIpc) is 3.42. The van der Waals surface area contributed by atoms with Gasteiger partial charge in [0, 0.05) is 37.0 Å². The number of ether oxygens (including phenoxy) is 1. The van der Waals surface area contributed by atoms with Gasteiger partial charge < -0.3 is 9.72 Å². The number of benzene rings is 2. The zero-order valence-electron chi connectivity index (χ0n) is 19.1. The number of hydrogen-bond donors (Lipinski definition) is 1. The number of rotatable bonds is 5. The SMILES string of the molecule is COc1ccc(C#CCN2CCc3ncn(Cc4ccc(-c5ccc[nH]5)cc4)c(=O)c3C2)cc1. The lowest BCUT2D eigenvalue weighted by atomic mass is 10.1. The van der Waals surface area contributed by atoms with Crippen LogP contribution in [0.5, 0.6) is 5.75 Å². The van der Waals surface area contributed by atoms with E-state index < -0.39 is 0 Å². The number of aromatic amines is 1. The quantitative estimate of drug-likeness (QED) is 0.471. The third-order valence-electron chi connectivity index (χ3n) is 6.11. The van der Waals surface area contributed by atoms with Crippen LogP contribution in [0, 0.1) is 11.8 Å². The van der Waals surface area contributed by atoms with Gasteiger partial charge in [-0.25, -0.2) is 4.98 Å². The molecule has 0 radical (unpaired) electrons. The molecule has 0 amide bonds. The van der Waals surface area contributed by atoms with Crippen LogP contribution in [0.3, 0.4) is 0 Å². The third kappa shape index (κ3) is 4.80. The van der Waals surface area contributed by atoms with Crippen molar-refractivity contribution >= 4 is 0 Å². The lowest BCUT2D eigenvalue weighted by Crippen LogP contribution is -2.38. The predicted molar refractivity (Wildman–Crippen MR) is 133 cm³/mol. The fourth-order valence-corrected chi connectivity index (χ4v) is 4.18. The van der Waals surface area contributed by atoms with Gasteiger partial charge in [0.1, 0.15) is 5.75 Å². The number of nitrogens with one attached hydrogen (secondary N) is 1. The number of hydrogen-bond acceptors (Lipinski definition) is 4.